The van der Waals surface area contributed by atoms with Crippen LogP contribution in [-0.4, -0.2) is 26.3 Å². The molecule has 0 saturated carbocycles. The quantitative estimate of drug-likeness (QED) is 0.826. The van der Waals surface area contributed by atoms with Gasteiger partial charge in [0.2, 0.25) is 10.0 Å². The molecule has 0 spiro atoms. The van der Waals surface area contributed by atoms with E-state index >= 15 is 0 Å². The van der Waals surface area contributed by atoms with Crippen LogP contribution in [-0.2, 0) is 10.0 Å². The third-order valence-corrected chi connectivity index (χ3v) is 5.12. The van der Waals surface area contributed by atoms with E-state index in [1.807, 2.05) is 13.8 Å². The van der Waals surface area contributed by atoms with Gasteiger partial charge in [0.1, 0.15) is 5.82 Å². The van der Waals surface area contributed by atoms with Gasteiger partial charge in [-0.15, -0.1) is 0 Å². The number of benzene rings is 1. The monoisotopic (exact) mass is 337 g/mol. The van der Waals surface area contributed by atoms with E-state index in [2.05, 4.69) is 15.9 Å². The van der Waals surface area contributed by atoms with Gasteiger partial charge >= 0.3 is 0 Å². The topological polar surface area (TPSA) is 37.4 Å². The van der Waals surface area contributed by atoms with E-state index in [1.165, 1.54) is 23.5 Å². The molecule has 3 nitrogen and oxygen atoms in total. The Morgan fingerprint density at radius 3 is 2.50 bits per heavy atom. The molecule has 0 N–H and O–H groups in total. The summed E-state index contributed by atoms with van der Waals surface area (Å²) >= 11 is 3.00. The summed E-state index contributed by atoms with van der Waals surface area (Å²) in [5, 5.41) is 0. The van der Waals surface area contributed by atoms with Gasteiger partial charge in [-0.05, 0) is 46.5 Å². The van der Waals surface area contributed by atoms with Crippen LogP contribution in [0.5, 0.6) is 0 Å². The number of hydrogen-bond acceptors (Lipinski definition) is 2. The Balaban J connectivity index is 2.95. The van der Waals surface area contributed by atoms with Crippen molar-refractivity contribution in [1.29, 1.82) is 0 Å². The molecule has 0 unspecified atom stereocenters. The maximum atomic E-state index is 13.4. The maximum Gasteiger partial charge on any atom is 0.242 e. The second-order valence-electron chi connectivity index (χ2n) is 4.59. The largest absolute Gasteiger partial charge is 0.242 e. The van der Waals surface area contributed by atoms with Crippen molar-refractivity contribution in [3.05, 3.63) is 28.5 Å². The maximum absolute atomic E-state index is 13.4. The fourth-order valence-electron chi connectivity index (χ4n) is 1.38. The van der Waals surface area contributed by atoms with Crippen molar-refractivity contribution < 1.29 is 12.8 Å². The molecule has 0 saturated heterocycles. The zero-order valence-corrected chi connectivity index (χ0v) is 13.1. The molecule has 0 fully saturated rings. The highest BCUT2D eigenvalue weighted by Crippen LogP contribution is 2.21. The normalized spacial score (nSPS) is 12.4. The zero-order chi connectivity index (χ0) is 13.9. The summed E-state index contributed by atoms with van der Waals surface area (Å²) in [5.41, 5.74) is 0. The highest BCUT2D eigenvalue weighted by molar-refractivity contribution is 9.10. The Hall–Kier alpha value is -0.460. The molecule has 1 aromatic carbocycles. The molecule has 1 rings (SSSR count). The first kappa shape index (κ1) is 15.6. The van der Waals surface area contributed by atoms with Crippen molar-refractivity contribution in [3.63, 3.8) is 0 Å². The minimum absolute atomic E-state index is 0.0190. The standard InChI is InChI=1S/C12H17BrFNO2S/c1-9(2)6-7-15(3)18(16,17)10-4-5-11(13)12(14)8-10/h4-5,8-9H,6-7H2,1-3H3. The number of sulfonamides is 1. The van der Waals surface area contributed by atoms with Gasteiger partial charge in [0.05, 0.1) is 9.37 Å². The molecule has 0 aromatic heterocycles. The highest BCUT2D eigenvalue weighted by Gasteiger charge is 2.21. The van der Waals surface area contributed by atoms with Crippen LogP contribution in [0.2, 0.25) is 0 Å². The third-order valence-electron chi connectivity index (χ3n) is 2.62. The van der Waals surface area contributed by atoms with Crippen molar-refractivity contribution >= 4 is 26.0 Å². The number of halogens is 2. The Morgan fingerprint density at radius 1 is 1.39 bits per heavy atom. The van der Waals surface area contributed by atoms with E-state index in [-0.39, 0.29) is 9.37 Å². The van der Waals surface area contributed by atoms with Crippen LogP contribution in [0.1, 0.15) is 20.3 Å². The van der Waals surface area contributed by atoms with Gasteiger partial charge in [-0.2, -0.15) is 0 Å². The van der Waals surface area contributed by atoms with Crippen molar-refractivity contribution in [2.24, 2.45) is 5.92 Å². The lowest BCUT2D eigenvalue weighted by molar-refractivity contribution is 0.427. The minimum atomic E-state index is -3.60. The number of rotatable bonds is 5. The SMILES string of the molecule is CC(C)CCN(C)S(=O)(=O)c1ccc(Br)c(F)c1. The Kier molecular flexibility index (Phi) is 5.31. The molecule has 0 aliphatic carbocycles. The first-order valence-electron chi connectivity index (χ1n) is 5.66. The van der Waals surface area contributed by atoms with Crippen LogP contribution in [0.3, 0.4) is 0 Å². The molecule has 0 radical (unpaired) electrons. The van der Waals surface area contributed by atoms with Crippen molar-refractivity contribution in [2.75, 3.05) is 13.6 Å². The molecule has 1 aromatic rings. The summed E-state index contributed by atoms with van der Waals surface area (Å²) in [6.07, 6.45) is 0.773. The molecular weight excluding hydrogens is 321 g/mol. The van der Waals surface area contributed by atoms with Gasteiger partial charge in [-0.3, -0.25) is 0 Å². The van der Waals surface area contributed by atoms with E-state index in [1.54, 1.807) is 0 Å². The van der Waals surface area contributed by atoms with E-state index in [9.17, 15) is 12.8 Å². The first-order chi connectivity index (χ1) is 8.25. The average molecular weight is 338 g/mol. The van der Waals surface area contributed by atoms with Crippen LogP contribution < -0.4 is 0 Å². The Bertz CT molecular complexity index is 517. The Labute approximate surface area is 116 Å². The van der Waals surface area contributed by atoms with Gasteiger partial charge < -0.3 is 0 Å². The van der Waals surface area contributed by atoms with Crippen LogP contribution in [0, 0.1) is 11.7 Å². The molecular formula is C12H17BrFNO2S. The predicted octanol–water partition coefficient (Wildman–Crippen LogP) is 3.25. The smallest absolute Gasteiger partial charge is 0.207 e. The summed E-state index contributed by atoms with van der Waals surface area (Å²) in [6.45, 7) is 4.48. The molecule has 6 heteroatoms. The highest BCUT2D eigenvalue weighted by atomic mass is 79.9. The van der Waals surface area contributed by atoms with Crippen LogP contribution in [0.15, 0.2) is 27.6 Å². The van der Waals surface area contributed by atoms with Gasteiger partial charge in [0.15, 0.2) is 0 Å². The van der Waals surface area contributed by atoms with Crippen LogP contribution in [0.25, 0.3) is 0 Å². The summed E-state index contributed by atoms with van der Waals surface area (Å²) in [5.74, 6) is -0.155. The summed E-state index contributed by atoms with van der Waals surface area (Å²) in [7, 11) is -2.09. The van der Waals surface area contributed by atoms with Gasteiger partial charge in [0, 0.05) is 13.6 Å². The number of hydrogen-bond donors (Lipinski definition) is 0. The fraction of sp³-hybridized carbons (Fsp3) is 0.500. The summed E-state index contributed by atoms with van der Waals surface area (Å²) in [4.78, 5) is -0.0190. The molecule has 0 bridgehead atoms. The zero-order valence-electron chi connectivity index (χ0n) is 10.7. The van der Waals surface area contributed by atoms with Gasteiger partial charge in [0.25, 0.3) is 0 Å². The summed E-state index contributed by atoms with van der Waals surface area (Å²) in [6, 6.07) is 3.83. The van der Waals surface area contributed by atoms with E-state index < -0.39 is 15.8 Å². The second-order valence-corrected chi connectivity index (χ2v) is 7.48. The molecule has 0 atom stereocenters. The third kappa shape index (κ3) is 3.76. The Morgan fingerprint density at radius 2 is 2.00 bits per heavy atom. The molecule has 0 amide bonds. The molecule has 18 heavy (non-hydrogen) atoms. The van der Waals surface area contributed by atoms with E-state index in [0.717, 1.165) is 12.5 Å². The molecule has 0 heterocycles. The number of nitrogens with zero attached hydrogens (tertiary/aromatic N) is 1. The van der Waals surface area contributed by atoms with Gasteiger partial charge in [-0.25, -0.2) is 17.1 Å². The lowest BCUT2D eigenvalue weighted by Crippen LogP contribution is -2.28. The minimum Gasteiger partial charge on any atom is -0.207 e. The predicted molar refractivity (Wildman–Crippen MR) is 73.4 cm³/mol. The second kappa shape index (κ2) is 6.12. The van der Waals surface area contributed by atoms with Gasteiger partial charge in [-0.1, -0.05) is 13.8 Å². The first-order valence-corrected chi connectivity index (χ1v) is 7.90. The summed E-state index contributed by atoms with van der Waals surface area (Å²) < 4.78 is 39.2. The average Bonchev–Trinajstić information content (AvgIpc) is 2.29. The molecule has 0 aliphatic heterocycles. The fourth-order valence-corrected chi connectivity index (χ4v) is 2.82. The van der Waals surface area contributed by atoms with Crippen molar-refractivity contribution in [1.82, 2.24) is 4.31 Å². The van der Waals surface area contributed by atoms with E-state index in [0.29, 0.717) is 12.5 Å². The lowest BCUT2D eigenvalue weighted by atomic mass is 10.1. The van der Waals surface area contributed by atoms with Crippen LogP contribution >= 0.6 is 15.9 Å². The lowest BCUT2D eigenvalue weighted by Gasteiger charge is -2.18. The van der Waals surface area contributed by atoms with Crippen LogP contribution in [0.4, 0.5) is 4.39 Å². The van der Waals surface area contributed by atoms with E-state index in [4.69, 9.17) is 0 Å². The van der Waals surface area contributed by atoms with Crippen molar-refractivity contribution in [3.8, 4) is 0 Å². The molecule has 0 aliphatic rings. The van der Waals surface area contributed by atoms with Crippen molar-refractivity contribution in [2.45, 2.75) is 25.2 Å². The molecule has 102 valence electrons.